The van der Waals surface area contributed by atoms with E-state index in [4.69, 9.17) is 4.98 Å². The molecule has 0 fully saturated rings. The van der Waals surface area contributed by atoms with Gasteiger partial charge < -0.3 is 14.8 Å². The van der Waals surface area contributed by atoms with Crippen LogP contribution in [0, 0.1) is 0 Å². The number of hydrogen-bond donors (Lipinski definition) is 2. The maximum atomic E-state index is 9.69. The van der Waals surface area contributed by atoms with Crippen LogP contribution in [-0.4, -0.2) is 24.7 Å². The molecule has 176 valence electrons. The first-order valence-electron chi connectivity index (χ1n) is 11.9. The molecule has 1 aromatic heterocycles. The van der Waals surface area contributed by atoms with Gasteiger partial charge in [0.1, 0.15) is 11.6 Å². The van der Waals surface area contributed by atoms with Crippen molar-refractivity contribution >= 4 is 0 Å². The fraction of sp³-hybridized carbons (Fsp3) is 0.276. The minimum Gasteiger partial charge on any atom is -0.508 e. The number of benzene rings is 3. The number of unbranched alkanes of at least 4 members (excludes halogenated alkanes) is 1. The number of aromatic nitrogens is 2. The highest BCUT2D eigenvalue weighted by Gasteiger charge is 2.16. The van der Waals surface area contributed by atoms with Gasteiger partial charge in [0.15, 0.2) is 0 Å². The Hall–Kier alpha value is -3.41. The van der Waals surface area contributed by atoms with E-state index in [-0.39, 0.29) is 12.4 Å². The predicted molar refractivity (Wildman–Crippen MR) is 136 cm³/mol. The summed E-state index contributed by atoms with van der Waals surface area (Å²) in [6, 6.07) is 25.9. The first kappa shape index (κ1) is 23.7. The van der Waals surface area contributed by atoms with Crippen LogP contribution in [-0.2, 0) is 32.8 Å². The largest absolute Gasteiger partial charge is 0.508 e. The number of nitrogens with zero attached hydrogens (tertiary/aromatic N) is 3. The number of imidazole rings is 1. The molecule has 4 aromatic rings. The van der Waals surface area contributed by atoms with Crippen LogP contribution in [0.5, 0.6) is 5.75 Å². The van der Waals surface area contributed by atoms with Gasteiger partial charge in [-0.25, -0.2) is 4.98 Å². The van der Waals surface area contributed by atoms with E-state index in [9.17, 15) is 10.2 Å². The highest BCUT2D eigenvalue weighted by Crippen LogP contribution is 2.23. The summed E-state index contributed by atoms with van der Waals surface area (Å²) in [7, 11) is 0. The second-order valence-corrected chi connectivity index (χ2v) is 8.73. The SMILES string of the molecule is CCCCn1c(CN(Cc2ccc(O)cc2)Cc2ccc(CO)cc2)cnc1-c1ccccc1. The topological polar surface area (TPSA) is 61.5 Å². The molecule has 0 saturated carbocycles. The van der Waals surface area contributed by atoms with Gasteiger partial charge in [-0.15, -0.1) is 0 Å². The predicted octanol–water partition coefficient (Wildman–Crippen LogP) is 5.75. The Morgan fingerprint density at radius 3 is 2.03 bits per heavy atom. The van der Waals surface area contributed by atoms with Crippen LogP contribution in [0.15, 0.2) is 85.1 Å². The Bertz CT molecular complexity index is 1150. The standard InChI is InChI=1S/C29H33N3O2/c1-2-3-17-32-27(18-30-29(32)26-7-5-4-6-8-26)21-31(20-24-13-15-28(34)16-14-24)19-23-9-11-25(22-33)12-10-23/h4-16,18,33-34H,2-3,17,19-22H2,1H3. The Balaban J connectivity index is 1.62. The van der Waals surface area contributed by atoms with Crippen molar-refractivity contribution in [1.29, 1.82) is 0 Å². The average Bonchev–Trinajstić information content (AvgIpc) is 3.27. The monoisotopic (exact) mass is 455 g/mol. The van der Waals surface area contributed by atoms with Crippen LogP contribution in [0.1, 0.15) is 42.1 Å². The molecule has 0 unspecified atom stereocenters. The molecule has 0 aliphatic carbocycles. The molecule has 3 aromatic carbocycles. The van der Waals surface area contributed by atoms with E-state index >= 15 is 0 Å². The summed E-state index contributed by atoms with van der Waals surface area (Å²) < 4.78 is 2.36. The van der Waals surface area contributed by atoms with Crippen molar-refractivity contribution in [2.24, 2.45) is 0 Å². The van der Waals surface area contributed by atoms with Crippen LogP contribution >= 0.6 is 0 Å². The molecule has 2 N–H and O–H groups in total. The molecule has 0 spiro atoms. The van der Waals surface area contributed by atoms with Gasteiger partial charge in [-0.05, 0) is 35.2 Å². The van der Waals surface area contributed by atoms with E-state index in [0.29, 0.717) is 0 Å². The quantitative estimate of drug-likeness (QED) is 0.302. The molecule has 1 heterocycles. The van der Waals surface area contributed by atoms with Gasteiger partial charge >= 0.3 is 0 Å². The van der Waals surface area contributed by atoms with Gasteiger partial charge in [0.05, 0.1) is 18.5 Å². The molecular formula is C29H33N3O2. The summed E-state index contributed by atoms with van der Waals surface area (Å²) >= 11 is 0. The molecule has 0 aliphatic heterocycles. The molecule has 0 radical (unpaired) electrons. The molecular weight excluding hydrogens is 422 g/mol. The van der Waals surface area contributed by atoms with Gasteiger partial charge in [0, 0.05) is 31.7 Å². The Labute approximate surface area is 202 Å². The van der Waals surface area contributed by atoms with E-state index in [0.717, 1.165) is 61.5 Å². The lowest BCUT2D eigenvalue weighted by atomic mass is 10.1. The summed E-state index contributed by atoms with van der Waals surface area (Å²) in [6.45, 7) is 5.48. The molecule has 0 saturated heterocycles. The van der Waals surface area contributed by atoms with Crippen LogP contribution in [0.3, 0.4) is 0 Å². The van der Waals surface area contributed by atoms with Gasteiger partial charge in [-0.3, -0.25) is 4.90 Å². The summed E-state index contributed by atoms with van der Waals surface area (Å²) in [5, 5.41) is 19.1. The number of rotatable bonds is 11. The van der Waals surface area contributed by atoms with Crippen LogP contribution in [0.2, 0.25) is 0 Å². The second-order valence-electron chi connectivity index (χ2n) is 8.73. The molecule has 0 aliphatic rings. The number of phenols is 1. The fourth-order valence-electron chi connectivity index (χ4n) is 4.19. The van der Waals surface area contributed by atoms with Crippen molar-refractivity contribution in [2.45, 2.75) is 52.6 Å². The van der Waals surface area contributed by atoms with E-state index in [1.807, 2.05) is 36.5 Å². The van der Waals surface area contributed by atoms with Gasteiger partial charge in [0.25, 0.3) is 0 Å². The Morgan fingerprint density at radius 1 is 0.794 bits per heavy atom. The molecule has 0 amide bonds. The highest BCUT2D eigenvalue weighted by molar-refractivity contribution is 5.55. The maximum absolute atomic E-state index is 9.69. The molecule has 34 heavy (non-hydrogen) atoms. The van der Waals surface area contributed by atoms with Crippen molar-refractivity contribution in [2.75, 3.05) is 0 Å². The second kappa shape index (κ2) is 11.6. The normalized spacial score (nSPS) is 11.3. The molecule has 5 nitrogen and oxygen atoms in total. The van der Waals surface area contributed by atoms with Crippen molar-refractivity contribution in [3.63, 3.8) is 0 Å². The summed E-state index contributed by atoms with van der Waals surface area (Å²) in [5.41, 5.74) is 5.58. The molecule has 0 atom stereocenters. The van der Waals surface area contributed by atoms with Gasteiger partial charge in [-0.2, -0.15) is 0 Å². The summed E-state index contributed by atoms with van der Waals surface area (Å²) in [5.74, 6) is 1.29. The van der Waals surface area contributed by atoms with Crippen molar-refractivity contribution in [3.8, 4) is 17.1 Å². The minimum absolute atomic E-state index is 0.0520. The average molecular weight is 456 g/mol. The molecule has 0 bridgehead atoms. The zero-order valence-electron chi connectivity index (χ0n) is 19.8. The Kier molecular flexibility index (Phi) is 8.12. The third-order valence-corrected chi connectivity index (χ3v) is 6.05. The van der Waals surface area contributed by atoms with Crippen LogP contribution < -0.4 is 0 Å². The lowest BCUT2D eigenvalue weighted by Crippen LogP contribution is -2.24. The van der Waals surface area contributed by atoms with Crippen molar-refractivity contribution in [1.82, 2.24) is 14.5 Å². The molecule has 4 rings (SSSR count). The third-order valence-electron chi connectivity index (χ3n) is 6.05. The van der Waals surface area contributed by atoms with E-state index in [1.54, 1.807) is 12.1 Å². The van der Waals surface area contributed by atoms with Crippen LogP contribution in [0.25, 0.3) is 11.4 Å². The zero-order chi connectivity index (χ0) is 23.8. The number of phenolic OH excluding ortho intramolecular Hbond substituents is 1. The van der Waals surface area contributed by atoms with Gasteiger partial charge in [0.2, 0.25) is 0 Å². The van der Waals surface area contributed by atoms with E-state index in [2.05, 4.69) is 52.8 Å². The van der Waals surface area contributed by atoms with E-state index in [1.165, 1.54) is 11.3 Å². The lowest BCUT2D eigenvalue weighted by Gasteiger charge is -2.24. The number of hydrogen-bond acceptors (Lipinski definition) is 4. The Morgan fingerprint density at radius 2 is 1.41 bits per heavy atom. The lowest BCUT2D eigenvalue weighted by molar-refractivity contribution is 0.240. The van der Waals surface area contributed by atoms with E-state index < -0.39 is 0 Å². The van der Waals surface area contributed by atoms with Crippen LogP contribution in [0.4, 0.5) is 0 Å². The maximum Gasteiger partial charge on any atom is 0.140 e. The summed E-state index contributed by atoms with van der Waals surface area (Å²) in [4.78, 5) is 7.21. The number of aliphatic hydroxyl groups excluding tert-OH is 1. The summed E-state index contributed by atoms with van der Waals surface area (Å²) in [6.07, 6.45) is 4.24. The minimum atomic E-state index is 0.0520. The van der Waals surface area contributed by atoms with Crippen molar-refractivity contribution in [3.05, 3.63) is 107 Å². The number of aliphatic hydroxyl groups is 1. The van der Waals surface area contributed by atoms with Crippen molar-refractivity contribution < 1.29 is 10.2 Å². The zero-order valence-corrected chi connectivity index (χ0v) is 19.8. The first-order chi connectivity index (χ1) is 16.7. The van der Waals surface area contributed by atoms with Gasteiger partial charge in [-0.1, -0.05) is 80.1 Å². The third kappa shape index (κ3) is 6.13. The molecule has 5 heteroatoms. The smallest absolute Gasteiger partial charge is 0.140 e. The first-order valence-corrected chi connectivity index (χ1v) is 11.9. The fourth-order valence-corrected chi connectivity index (χ4v) is 4.19. The highest BCUT2D eigenvalue weighted by atomic mass is 16.3. The number of aromatic hydroxyl groups is 1.